The van der Waals surface area contributed by atoms with Crippen LogP contribution in [0.15, 0.2) is 65.7 Å². The minimum absolute atomic E-state index is 0.516. The number of nitrogens with zero attached hydrogens (tertiary/aromatic N) is 1. The Labute approximate surface area is 94.1 Å². The molecule has 0 N–H and O–H groups in total. The molecule has 0 aliphatic carbocycles. The van der Waals surface area contributed by atoms with E-state index in [1.165, 1.54) is 0 Å². The molecule has 0 aliphatic heterocycles. The van der Waals surface area contributed by atoms with E-state index in [4.69, 9.17) is 11.6 Å². The molecular weight excluding hydrogens is 206 g/mol. The van der Waals surface area contributed by atoms with Gasteiger partial charge in [-0.2, -0.15) is 0 Å². The molecule has 1 nitrogen and oxygen atoms in total. The Kier molecular flexibility index (Phi) is 3.15. The zero-order chi connectivity index (χ0) is 10.5. The van der Waals surface area contributed by atoms with Crippen molar-refractivity contribution in [3.05, 3.63) is 66.2 Å². The normalized spacial score (nSPS) is 11.4. The molecule has 0 bridgehead atoms. The van der Waals surface area contributed by atoms with Gasteiger partial charge in [-0.1, -0.05) is 60.1 Å². The van der Waals surface area contributed by atoms with Crippen LogP contribution in [0.3, 0.4) is 0 Å². The first kappa shape index (κ1) is 9.94. The third-order valence-corrected chi connectivity index (χ3v) is 2.30. The fraction of sp³-hybridized carbons (Fsp3) is 0. The van der Waals surface area contributed by atoms with Crippen molar-refractivity contribution < 1.29 is 0 Å². The zero-order valence-corrected chi connectivity index (χ0v) is 8.85. The van der Waals surface area contributed by atoms with E-state index in [1.807, 2.05) is 60.7 Å². The second kappa shape index (κ2) is 4.76. The minimum atomic E-state index is 0.516. The fourth-order valence-electron chi connectivity index (χ4n) is 1.26. The van der Waals surface area contributed by atoms with E-state index < -0.39 is 0 Å². The summed E-state index contributed by atoms with van der Waals surface area (Å²) in [7, 11) is 0. The first-order valence-corrected chi connectivity index (χ1v) is 5.09. The molecule has 0 aromatic heterocycles. The Balaban J connectivity index is 2.29. The summed E-state index contributed by atoms with van der Waals surface area (Å²) in [6, 6.07) is 19.4. The van der Waals surface area contributed by atoms with Crippen LogP contribution in [-0.2, 0) is 0 Å². The number of hydrogen-bond acceptors (Lipinski definition) is 1. The smallest absolute Gasteiger partial charge is 0.136 e. The highest BCUT2D eigenvalue weighted by Gasteiger charge is 1.97. The second-order valence-corrected chi connectivity index (χ2v) is 3.46. The average Bonchev–Trinajstić information content (AvgIpc) is 2.31. The molecule has 0 heterocycles. The standard InChI is InChI=1S/C13H10ClN/c14-13(11-7-3-1-4-8-11)15-12-9-5-2-6-10-12/h1-10H/b15-13-. The first-order chi connectivity index (χ1) is 7.36. The maximum Gasteiger partial charge on any atom is 0.136 e. The summed E-state index contributed by atoms with van der Waals surface area (Å²) < 4.78 is 0. The van der Waals surface area contributed by atoms with Crippen molar-refractivity contribution in [3.63, 3.8) is 0 Å². The summed E-state index contributed by atoms with van der Waals surface area (Å²) in [5, 5.41) is 0.516. The molecule has 2 rings (SSSR count). The van der Waals surface area contributed by atoms with Crippen LogP contribution in [0.5, 0.6) is 0 Å². The van der Waals surface area contributed by atoms with Crippen LogP contribution in [-0.4, -0.2) is 5.17 Å². The Morgan fingerprint density at radius 3 is 1.93 bits per heavy atom. The molecule has 0 unspecified atom stereocenters. The van der Waals surface area contributed by atoms with Crippen molar-refractivity contribution in [2.75, 3.05) is 0 Å². The molecule has 0 saturated carbocycles. The quantitative estimate of drug-likeness (QED) is 0.672. The minimum Gasteiger partial charge on any atom is -0.236 e. The predicted octanol–water partition coefficient (Wildman–Crippen LogP) is 4.00. The lowest BCUT2D eigenvalue weighted by Crippen LogP contribution is -1.88. The van der Waals surface area contributed by atoms with Crippen LogP contribution < -0.4 is 0 Å². The van der Waals surface area contributed by atoms with E-state index in [9.17, 15) is 0 Å². The molecule has 0 radical (unpaired) electrons. The lowest BCUT2D eigenvalue weighted by Gasteiger charge is -1.98. The lowest BCUT2D eigenvalue weighted by atomic mass is 10.2. The SMILES string of the molecule is Cl/C(=N\c1ccccc1)c1ccccc1. The van der Waals surface area contributed by atoms with Crippen LogP contribution in [0.4, 0.5) is 5.69 Å². The molecule has 0 aliphatic rings. The molecule has 0 spiro atoms. The Morgan fingerprint density at radius 1 is 0.800 bits per heavy atom. The summed E-state index contributed by atoms with van der Waals surface area (Å²) in [6.07, 6.45) is 0. The molecule has 2 heteroatoms. The highest BCUT2D eigenvalue weighted by Crippen LogP contribution is 2.14. The number of aliphatic imine (C=N–C) groups is 1. The molecule has 0 saturated heterocycles. The maximum absolute atomic E-state index is 6.09. The topological polar surface area (TPSA) is 12.4 Å². The van der Waals surface area contributed by atoms with Gasteiger partial charge in [-0.3, -0.25) is 0 Å². The van der Waals surface area contributed by atoms with Gasteiger partial charge in [0.2, 0.25) is 0 Å². The van der Waals surface area contributed by atoms with E-state index in [1.54, 1.807) is 0 Å². The Hall–Kier alpha value is -1.60. The molecule has 2 aromatic rings. The second-order valence-electron chi connectivity index (χ2n) is 3.10. The van der Waals surface area contributed by atoms with Crippen molar-refractivity contribution in [2.24, 2.45) is 4.99 Å². The first-order valence-electron chi connectivity index (χ1n) is 4.71. The number of halogens is 1. The lowest BCUT2D eigenvalue weighted by molar-refractivity contribution is 1.52. The van der Waals surface area contributed by atoms with E-state index in [-0.39, 0.29) is 0 Å². The summed E-state index contributed by atoms with van der Waals surface area (Å²) in [5.74, 6) is 0. The summed E-state index contributed by atoms with van der Waals surface area (Å²) in [6.45, 7) is 0. The van der Waals surface area contributed by atoms with Gasteiger partial charge in [-0.15, -0.1) is 0 Å². The number of rotatable bonds is 2. The number of hydrogen-bond donors (Lipinski definition) is 0. The zero-order valence-electron chi connectivity index (χ0n) is 8.10. The van der Waals surface area contributed by atoms with Gasteiger partial charge in [0.15, 0.2) is 0 Å². The molecule has 15 heavy (non-hydrogen) atoms. The van der Waals surface area contributed by atoms with Crippen LogP contribution in [0.2, 0.25) is 0 Å². The van der Waals surface area contributed by atoms with Crippen LogP contribution in [0, 0.1) is 0 Å². The monoisotopic (exact) mass is 215 g/mol. The Bertz CT molecular complexity index is 448. The molecule has 74 valence electrons. The van der Waals surface area contributed by atoms with Gasteiger partial charge in [0.05, 0.1) is 5.69 Å². The van der Waals surface area contributed by atoms with Crippen LogP contribution in [0.1, 0.15) is 5.56 Å². The van der Waals surface area contributed by atoms with Crippen molar-refractivity contribution in [3.8, 4) is 0 Å². The highest BCUT2D eigenvalue weighted by molar-refractivity contribution is 6.69. The highest BCUT2D eigenvalue weighted by atomic mass is 35.5. The van der Waals surface area contributed by atoms with Gasteiger partial charge in [-0.25, -0.2) is 4.99 Å². The van der Waals surface area contributed by atoms with Crippen molar-refractivity contribution in [2.45, 2.75) is 0 Å². The van der Waals surface area contributed by atoms with Gasteiger partial charge in [-0.05, 0) is 12.1 Å². The van der Waals surface area contributed by atoms with E-state index in [2.05, 4.69) is 4.99 Å². The molecule has 0 amide bonds. The van der Waals surface area contributed by atoms with Crippen molar-refractivity contribution in [1.82, 2.24) is 0 Å². The van der Waals surface area contributed by atoms with Crippen molar-refractivity contribution >= 4 is 22.5 Å². The number of para-hydroxylation sites is 1. The van der Waals surface area contributed by atoms with Crippen LogP contribution >= 0.6 is 11.6 Å². The van der Waals surface area contributed by atoms with Gasteiger partial charge in [0.1, 0.15) is 5.17 Å². The maximum atomic E-state index is 6.09. The van der Waals surface area contributed by atoms with Gasteiger partial charge in [0.25, 0.3) is 0 Å². The third kappa shape index (κ3) is 2.67. The van der Waals surface area contributed by atoms with Gasteiger partial charge >= 0.3 is 0 Å². The van der Waals surface area contributed by atoms with Crippen molar-refractivity contribution in [1.29, 1.82) is 0 Å². The largest absolute Gasteiger partial charge is 0.236 e. The van der Waals surface area contributed by atoms with Gasteiger partial charge in [0, 0.05) is 5.56 Å². The van der Waals surface area contributed by atoms with E-state index in [0.29, 0.717) is 5.17 Å². The van der Waals surface area contributed by atoms with E-state index in [0.717, 1.165) is 11.3 Å². The van der Waals surface area contributed by atoms with Gasteiger partial charge < -0.3 is 0 Å². The third-order valence-electron chi connectivity index (χ3n) is 2.00. The molecule has 0 atom stereocenters. The van der Waals surface area contributed by atoms with E-state index >= 15 is 0 Å². The summed E-state index contributed by atoms with van der Waals surface area (Å²) >= 11 is 6.09. The average molecular weight is 216 g/mol. The predicted molar refractivity (Wildman–Crippen MR) is 64.9 cm³/mol. The molecule has 2 aromatic carbocycles. The molecular formula is C13H10ClN. The summed E-state index contributed by atoms with van der Waals surface area (Å²) in [4.78, 5) is 4.31. The fourth-order valence-corrected chi connectivity index (χ4v) is 1.48. The Morgan fingerprint density at radius 2 is 1.33 bits per heavy atom. The number of benzene rings is 2. The molecule has 0 fully saturated rings. The summed E-state index contributed by atoms with van der Waals surface area (Å²) in [5.41, 5.74) is 1.80. The van der Waals surface area contributed by atoms with Crippen LogP contribution in [0.25, 0.3) is 0 Å².